The highest BCUT2D eigenvalue weighted by Crippen LogP contribution is 1.88. The maximum absolute atomic E-state index is 8.24. The maximum atomic E-state index is 8.24. The van der Waals surface area contributed by atoms with Crippen molar-refractivity contribution in [2.24, 2.45) is 0 Å². The van der Waals surface area contributed by atoms with Crippen molar-refractivity contribution < 1.29 is 0 Å². The largest absolute Gasteiger partial charge is 0.354 e. The molecule has 0 N–H and O–H groups in total. The standard InChI is InChI=1S/C7H7BN2/c8-7-2-5-10(6-7)4-1-3-9/h2,5-6H,1,4H2. The van der Waals surface area contributed by atoms with Crippen LogP contribution in [0.4, 0.5) is 0 Å². The van der Waals surface area contributed by atoms with Crippen molar-refractivity contribution >= 4 is 13.3 Å². The molecule has 0 atom stereocenters. The van der Waals surface area contributed by atoms with Gasteiger partial charge in [-0.3, -0.25) is 0 Å². The van der Waals surface area contributed by atoms with Gasteiger partial charge < -0.3 is 4.57 Å². The van der Waals surface area contributed by atoms with Crippen LogP contribution in [0, 0.1) is 11.3 Å². The lowest BCUT2D eigenvalue weighted by Gasteiger charge is -1.94. The monoisotopic (exact) mass is 130 g/mol. The van der Waals surface area contributed by atoms with Gasteiger partial charge in [-0.25, -0.2) is 0 Å². The molecule has 2 nitrogen and oxygen atoms in total. The summed E-state index contributed by atoms with van der Waals surface area (Å²) in [6.07, 6.45) is 4.22. The Labute approximate surface area is 61.5 Å². The normalized spacial score (nSPS) is 9.10. The number of hydrogen-bond donors (Lipinski definition) is 0. The SMILES string of the molecule is [B]c1ccn(CCC#N)c1. The molecule has 0 spiro atoms. The number of rotatable bonds is 2. The number of nitriles is 1. The Morgan fingerprint density at radius 2 is 2.50 bits per heavy atom. The smallest absolute Gasteiger partial charge is 0.115 e. The summed E-state index contributed by atoms with van der Waals surface area (Å²) < 4.78 is 1.90. The molecule has 0 aliphatic carbocycles. The molecule has 0 fully saturated rings. The van der Waals surface area contributed by atoms with Crippen LogP contribution in [0.3, 0.4) is 0 Å². The van der Waals surface area contributed by atoms with Crippen molar-refractivity contribution in [3.05, 3.63) is 18.5 Å². The quantitative estimate of drug-likeness (QED) is 0.525. The van der Waals surface area contributed by atoms with E-state index in [2.05, 4.69) is 6.07 Å². The van der Waals surface area contributed by atoms with Crippen LogP contribution in [0.15, 0.2) is 18.5 Å². The lowest BCUT2D eigenvalue weighted by molar-refractivity contribution is 0.722. The first-order valence-corrected chi connectivity index (χ1v) is 3.11. The van der Waals surface area contributed by atoms with Gasteiger partial charge >= 0.3 is 0 Å². The molecule has 0 bridgehead atoms. The van der Waals surface area contributed by atoms with E-state index in [0.29, 0.717) is 6.42 Å². The summed E-state index contributed by atoms with van der Waals surface area (Å²) in [4.78, 5) is 0. The van der Waals surface area contributed by atoms with Gasteiger partial charge in [0.05, 0.1) is 12.5 Å². The van der Waals surface area contributed by atoms with Gasteiger partial charge in [0.2, 0.25) is 0 Å². The minimum absolute atomic E-state index is 0.536. The third-order valence-electron chi connectivity index (χ3n) is 1.26. The van der Waals surface area contributed by atoms with Crippen LogP contribution >= 0.6 is 0 Å². The molecule has 0 saturated heterocycles. The molecule has 0 saturated carbocycles. The van der Waals surface area contributed by atoms with Gasteiger partial charge in [0.15, 0.2) is 0 Å². The molecule has 1 heterocycles. The predicted molar refractivity (Wildman–Crippen MR) is 40.1 cm³/mol. The first kappa shape index (κ1) is 6.95. The molecule has 10 heavy (non-hydrogen) atoms. The third kappa shape index (κ3) is 1.66. The van der Waals surface area contributed by atoms with Crippen molar-refractivity contribution in [1.82, 2.24) is 4.57 Å². The lowest BCUT2D eigenvalue weighted by atomic mass is 10.0. The zero-order chi connectivity index (χ0) is 7.40. The van der Waals surface area contributed by atoms with E-state index in [1.165, 1.54) is 0 Å². The molecule has 0 amide bonds. The topological polar surface area (TPSA) is 28.7 Å². The first-order valence-electron chi connectivity index (χ1n) is 3.11. The van der Waals surface area contributed by atoms with Crippen LogP contribution in [0.25, 0.3) is 0 Å². The highest BCUT2D eigenvalue weighted by atomic mass is 14.9. The van der Waals surface area contributed by atoms with Crippen LogP contribution in [0.2, 0.25) is 0 Å². The van der Waals surface area contributed by atoms with Gasteiger partial charge in [0, 0.05) is 12.7 Å². The average Bonchev–Trinajstić information content (AvgIpc) is 2.31. The molecule has 0 unspecified atom stereocenters. The fourth-order valence-corrected chi connectivity index (χ4v) is 0.778. The Bertz CT molecular complexity index is 246. The second kappa shape index (κ2) is 3.12. The highest BCUT2D eigenvalue weighted by molar-refractivity contribution is 6.32. The van der Waals surface area contributed by atoms with Gasteiger partial charge in [-0.05, 0) is 6.20 Å². The molecule has 0 aromatic carbocycles. The zero-order valence-corrected chi connectivity index (χ0v) is 5.62. The first-order chi connectivity index (χ1) is 4.83. The van der Waals surface area contributed by atoms with Gasteiger partial charge in [0.1, 0.15) is 7.85 Å². The molecule has 1 rings (SSSR count). The Balaban J connectivity index is 2.52. The van der Waals surface area contributed by atoms with E-state index in [4.69, 9.17) is 13.1 Å². The van der Waals surface area contributed by atoms with Crippen molar-refractivity contribution in [2.45, 2.75) is 13.0 Å². The van der Waals surface area contributed by atoms with Gasteiger partial charge in [-0.1, -0.05) is 11.5 Å². The van der Waals surface area contributed by atoms with E-state index in [0.717, 1.165) is 12.0 Å². The zero-order valence-electron chi connectivity index (χ0n) is 5.62. The van der Waals surface area contributed by atoms with Crippen molar-refractivity contribution in [3.8, 4) is 6.07 Å². The van der Waals surface area contributed by atoms with Crippen molar-refractivity contribution in [3.63, 3.8) is 0 Å². The van der Waals surface area contributed by atoms with Crippen molar-refractivity contribution in [2.75, 3.05) is 0 Å². The van der Waals surface area contributed by atoms with Crippen LogP contribution < -0.4 is 5.46 Å². The second-order valence-electron chi connectivity index (χ2n) is 2.09. The summed E-state index contributed by atoms with van der Waals surface area (Å²) in [5.41, 5.74) is 0.748. The number of aromatic nitrogens is 1. The summed E-state index contributed by atoms with van der Waals surface area (Å²) in [5, 5.41) is 8.24. The summed E-state index contributed by atoms with van der Waals surface area (Å²) >= 11 is 0. The van der Waals surface area contributed by atoms with Gasteiger partial charge in [-0.2, -0.15) is 5.26 Å². The number of nitrogens with zero attached hydrogens (tertiary/aromatic N) is 2. The summed E-state index contributed by atoms with van der Waals surface area (Å²) in [6, 6.07) is 3.88. The Morgan fingerprint density at radius 1 is 1.70 bits per heavy atom. The van der Waals surface area contributed by atoms with Crippen LogP contribution in [0.5, 0.6) is 0 Å². The van der Waals surface area contributed by atoms with Gasteiger partial charge in [0.25, 0.3) is 0 Å². The highest BCUT2D eigenvalue weighted by Gasteiger charge is 1.89. The Hall–Kier alpha value is -1.17. The molecule has 1 aromatic rings. The number of hydrogen-bond acceptors (Lipinski definition) is 1. The molecule has 48 valence electrons. The van der Waals surface area contributed by atoms with Crippen molar-refractivity contribution in [1.29, 1.82) is 5.26 Å². The third-order valence-corrected chi connectivity index (χ3v) is 1.26. The Morgan fingerprint density at radius 3 is 3.00 bits per heavy atom. The van der Waals surface area contributed by atoms with Crippen LogP contribution in [-0.2, 0) is 6.54 Å². The summed E-state index contributed by atoms with van der Waals surface area (Å²) in [6.45, 7) is 0.730. The van der Waals surface area contributed by atoms with E-state index in [9.17, 15) is 0 Å². The maximum Gasteiger partial charge on any atom is 0.115 e. The van der Waals surface area contributed by atoms with E-state index in [1.54, 1.807) is 0 Å². The molecule has 3 heteroatoms. The van der Waals surface area contributed by atoms with Crippen LogP contribution in [-0.4, -0.2) is 12.4 Å². The molecule has 0 aliphatic rings. The minimum Gasteiger partial charge on any atom is -0.354 e. The molecule has 0 aliphatic heterocycles. The van der Waals surface area contributed by atoms with E-state index >= 15 is 0 Å². The second-order valence-corrected chi connectivity index (χ2v) is 2.09. The molecule has 1 aromatic heterocycles. The van der Waals surface area contributed by atoms with E-state index in [1.807, 2.05) is 23.0 Å². The summed E-state index contributed by atoms with van der Waals surface area (Å²) in [7, 11) is 5.45. The van der Waals surface area contributed by atoms with E-state index in [-0.39, 0.29) is 0 Å². The molecule has 2 radical (unpaired) electrons. The summed E-state index contributed by atoms with van der Waals surface area (Å²) in [5.74, 6) is 0. The van der Waals surface area contributed by atoms with Crippen LogP contribution in [0.1, 0.15) is 6.42 Å². The minimum atomic E-state index is 0.536. The fourth-order valence-electron chi connectivity index (χ4n) is 0.778. The molecular formula is C7H7BN2. The molecular weight excluding hydrogens is 123 g/mol. The predicted octanol–water partition coefficient (Wildman–Crippen LogP) is 0.196. The number of aryl methyl sites for hydroxylation is 1. The lowest BCUT2D eigenvalue weighted by Crippen LogP contribution is -1.98. The van der Waals surface area contributed by atoms with E-state index < -0.39 is 0 Å². The average molecular weight is 130 g/mol. The fraction of sp³-hybridized carbons (Fsp3) is 0.286. The Kier molecular flexibility index (Phi) is 2.17. The van der Waals surface area contributed by atoms with Gasteiger partial charge in [-0.15, -0.1) is 0 Å².